The Morgan fingerprint density at radius 1 is 1.27 bits per heavy atom. The number of hydrogen-bond donors (Lipinski definition) is 1. The monoisotopic (exact) mass is 401 g/mol. The van der Waals surface area contributed by atoms with E-state index in [-0.39, 0.29) is 17.2 Å². The lowest BCUT2D eigenvalue weighted by molar-refractivity contribution is 0.0600. The number of nitrogens with zero attached hydrogens (tertiary/aromatic N) is 4. The van der Waals surface area contributed by atoms with E-state index in [4.69, 9.17) is 10.5 Å². The number of ether oxygens (including phenoxy) is 1. The van der Waals surface area contributed by atoms with Crippen LogP contribution in [0.25, 0.3) is 0 Å². The van der Waals surface area contributed by atoms with Crippen LogP contribution in [0, 0.1) is 45.3 Å². The van der Waals surface area contributed by atoms with Crippen molar-refractivity contribution < 1.29 is 9.53 Å². The van der Waals surface area contributed by atoms with Gasteiger partial charge < -0.3 is 10.5 Å². The number of carbonyl (C=O) groups excluding carboxylic acids is 1. The van der Waals surface area contributed by atoms with Crippen molar-refractivity contribution in [2.45, 2.75) is 19.3 Å². The maximum atomic E-state index is 11.8. The summed E-state index contributed by atoms with van der Waals surface area (Å²) in [4.78, 5) is 14.1. The van der Waals surface area contributed by atoms with Gasteiger partial charge >= 0.3 is 5.97 Å². The van der Waals surface area contributed by atoms with Crippen molar-refractivity contribution in [2.75, 3.05) is 26.7 Å². The van der Waals surface area contributed by atoms with Crippen molar-refractivity contribution >= 4 is 5.97 Å². The SMILES string of the molecule is CCCN1CC=C2C(C#N)=C(N)C(C#N)(C#N)[C@H](c3ccc(C(=O)OC)cc3)[C@H]2C1. The average Bonchev–Trinajstić information content (AvgIpc) is 2.78. The topological polar surface area (TPSA) is 127 Å². The van der Waals surface area contributed by atoms with Crippen LogP contribution in [0.3, 0.4) is 0 Å². The Bertz CT molecular complexity index is 1020. The molecule has 0 unspecified atom stereocenters. The first-order valence-electron chi connectivity index (χ1n) is 9.81. The Balaban J connectivity index is 2.21. The molecule has 0 fully saturated rings. The molecule has 2 atom stereocenters. The fourth-order valence-electron chi connectivity index (χ4n) is 4.56. The van der Waals surface area contributed by atoms with Gasteiger partial charge in [-0.05, 0) is 36.2 Å². The molecular formula is C23H23N5O2. The number of nitrogens with two attached hydrogens (primary N) is 1. The zero-order chi connectivity index (χ0) is 21.9. The smallest absolute Gasteiger partial charge is 0.337 e. The van der Waals surface area contributed by atoms with Gasteiger partial charge in [0.25, 0.3) is 0 Å². The van der Waals surface area contributed by atoms with Gasteiger partial charge in [0, 0.05) is 24.9 Å². The zero-order valence-corrected chi connectivity index (χ0v) is 17.1. The van der Waals surface area contributed by atoms with Gasteiger partial charge in [0.2, 0.25) is 0 Å². The van der Waals surface area contributed by atoms with Crippen molar-refractivity contribution in [2.24, 2.45) is 17.1 Å². The normalized spacial score (nSPS) is 22.7. The summed E-state index contributed by atoms with van der Waals surface area (Å²) < 4.78 is 4.75. The average molecular weight is 401 g/mol. The molecule has 3 rings (SSSR count). The van der Waals surface area contributed by atoms with E-state index in [2.05, 4.69) is 30.0 Å². The highest BCUT2D eigenvalue weighted by atomic mass is 16.5. The summed E-state index contributed by atoms with van der Waals surface area (Å²) in [5.74, 6) is -1.27. The minimum atomic E-state index is -1.67. The maximum Gasteiger partial charge on any atom is 0.337 e. The molecule has 0 saturated carbocycles. The predicted octanol–water partition coefficient (Wildman–Crippen LogP) is 2.61. The van der Waals surface area contributed by atoms with E-state index < -0.39 is 17.3 Å². The molecule has 0 radical (unpaired) electrons. The molecule has 0 aromatic heterocycles. The van der Waals surface area contributed by atoms with Crippen molar-refractivity contribution in [3.05, 3.63) is 58.3 Å². The first-order chi connectivity index (χ1) is 14.5. The second-order valence-corrected chi connectivity index (χ2v) is 7.55. The predicted molar refractivity (Wildman–Crippen MR) is 109 cm³/mol. The molecule has 2 N–H and O–H groups in total. The molecular weight excluding hydrogens is 378 g/mol. The third kappa shape index (κ3) is 3.22. The van der Waals surface area contributed by atoms with Crippen LogP contribution in [0.15, 0.2) is 47.2 Å². The zero-order valence-electron chi connectivity index (χ0n) is 17.1. The third-order valence-electron chi connectivity index (χ3n) is 5.97. The second-order valence-electron chi connectivity index (χ2n) is 7.55. The van der Waals surface area contributed by atoms with E-state index >= 15 is 0 Å². The molecule has 2 aliphatic rings. The van der Waals surface area contributed by atoms with Gasteiger partial charge in [-0.3, -0.25) is 4.90 Å². The van der Waals surface area contributed by atoms with Crippen LogP contribution in [0.2, 0.25) is 0 Å². The van der Waals surface area contributed by atoms with Crippen LogP contribution in [-0.4, -0.2) is 37.6 Å². The largest absolute Gasteiger partial charge is 0.465 e. The molecule has 1 heterocycles. The van der Waals surface area contributed by atoms with Crippen LogP contribution < -0.4 is 5.73 Å². The fraction of sp³-hybridized carbons (Fsp3) is 0.391. The molecule has 1 aliphatic carbocycles. The maximum absolute atomic E-state index is 11.8. The van der Waals surface area contributed by atoms with Gasteiger partial charge in [-0.1, -0.05) is 25.1 Å². The highest BCUT2D eigenvalue weighted by Gasteiger charge is 2.54. The molecule has 1 aliphatic heterocycles. The standard InChI is InChI=1S/C23H23N5O2/c1-3-9-28-10-8-17-18(11-24)21(27)23(13-25,14-26)20(19(17)12-28)15-4-6-16(7-5-15)22(29)30-2/h4-8,19-20H,3,9-10,12,27H2,1-2H3/t19-,20+/m0/s1. The summed E-state index contributed by atoms with van der Waals surface area (Å²) >= 11 is 0. The van der Waals surface area contributed by atoms with Crippen molar-refractivity contribution in [1.82, 2.24) is 4.90 Å². The van der Waals surface area contributed by atoms with E-state index in [0.717, 1.165) is 24.1 Å². The summed E-state index contributed by atoms with van der Waals surface area (Å²) in [6.45, 7) is 4.28. The molecule has 30 heavy (non-hydrogen) atoms. The summed E-state index contributed by atoms with van der Waals surface area (Å²) in [7, 11) is 1.31. The van der Waals surface area contributed by atoms with Crippen molar-refractivity contribution in [3.63, 3.8) is 0 Å². The van der Waals surface area contributed by atoms with Crippen LogP contribution in [0.1, 0.15) is 35.2 Å². The van der Waals surface area contributed by atoms with Gasteiger partial charge in [-0.15, -0.1) is 0 Å². The molecule has 1 aromatic rings. The summed E-state index contributed by atoms with van der Waals surface area (Å²) in [6, 6.07) is 13.1. The summed E-state index contributed by atoms with van der Waals surface area (Å²) in [5, 5.41) is 30.0. The van der Waals surface area contributed by atoms with E-state index in [9.17, 15) is 20.6 Å². The summed E-state index contributed by atoms with van der Waals surface area (Å²) in [6.07, 6.45) is 2.96. The molecule has 0 bridgehead atoms. The minimum Gasteiger partial charge on any atom is -0.465 e. The number of nitriles is 3. The molecule has 0 amide bonds. The Morgan fingerprint density at radius 2 is 1.93 bits per heavy atom. The van der Waals surface area contributed by atoms with E-state index in [1.54, 1.807) is 24.3 Å². The second kappa shape index (κ2) is 8.41. The molecule has 0 saturated heterocycles. The Labute approximate surface area is 176 Å². The van der Waals surface area contributed by atoms with Crippen LogP contribution in [0.5, 0.6) is 0 Å². The number of rotatable bonds is 4. The van der Waals surface area contributed by atoms with Gasteiger partial charge in [-0.2, -0.15) is 15.8 Å². The molecule has 7 nitrogen and oxygen atoms in total. The Kier molecular flexibility index (Phi) is 5.92. The number of fused-ring (bicyclic) bond motifs is 1. The van der Waals surface area contributed by atoms with Gasteiger partial charge in [0.05, 0.1) is 36.1 Å². The van der Waals surface area contributed by atoms with E-state index in [0.29, 0.717) is 18.7 Å². The number of esters is 1. The van der Waals surface area contributed by atoms with Gasteiger partial charge in [0.15, 0.2) is 5.41 Å². The lowest BCUT2D eigenvalue weighted by Gasteiger charge is -2.45. The lowest BCUT2D eigenvalue weighted by atomic mass is 9.58. The quantitative estimate of drug-likeness (QED) is 0.768. The molecule has 7 heteroatoms. The highest BCUT2D eigenvalue weighted by molar-refractivity contribution is 5.89. The molecule has 0 spiro atoms. The Hall–Kier alpha value is -3.60. The van der Waals surface area contributed by atoms with Crippen molar-refractivity contribution in [3.8, 4) is 18.2 Å². The molecule has 152 valence electrons. The number of hydrogen-bond acceptors (Lipinski definition) is 7. The van der Waals surface area contributed by atoms with Gasteiger partial charge in [-0.25, -0.2) is 4.79 Å². The Morgan fingerprint density at radius 3 is 2.47 bits per heavy atom. The van der Waals surface area contributed by atoms with Crippen LogP contribution in [0.4, 0.5) is 0 Å². The highest BCUT2D eigenvalue weighted by Crippen LogP contribution is 2.54. The lowest BCUT2D eigenvalue weighted by Crippen LogP contribution is -2.48. The third-order valence-corrected chi connectivity index (χ3v) is 5.97. The first kappa shape index (κ1) is 21.1. The van der Waals surface area contributed by atoms with Crippen LogP contribution in [-0.2, 0) is 4.74 Å². The van der Waals surface area contributed by atoms with Crippen molar-refractivity contribution in [1.29, 1.82) is 15.8 Å². The first-order valence-corrected chi connectivity index (χ1v) is 9.81. The van der Waals surface area contributed by atoms with Gasteiger partial charge in [0.1, 0.15) is 6.07 Å². The molecule has 1 aromatic carbocycles. The number of methoxy groups -OCH3 is 1. The number of carbonyl (C=O) groups is 1. The number of benzene rings is 1. The summed E-state index contributed by atoms with van der Waals surface area (Å²) in [5.41, 5.74) is 6.77. The van der Waals surface area contributed by atoms with E-state index in [1.165, 1.54) is 7.11 Å². The number of allylic oxidation sites excluding steroid dienone is 2. The fourth-order valence-corrected chi connectivity index (χ4v) is 4.56. The van der Waals surface area contributed by atoms with E-state index in [1.807, 2.05) is 6.08 Å². The minimum absolute atomic E-state index is 0.00323. The van der Waals surface area contributed by atoms with Crippen LogP contribution >= 0.6 is 0 Å².